The molecule has 0 aliphatic carbocycles. The highest BCUT2D eigenvalue weighted by Gasteiger charge is 2.23. The van der Waals surface area contributed by atoms with Crippen molar-refractivity contribution in [1.82, 2.24) is 23.7 Å². The largest absolute Gasteiger partial charge is 0.340 e. The van der Waals surface area contributed by atoms with Crippen LogP contribution >= 0.6 is 0 Å². The van der Waals surface area contributed by atoms with E-state index in [1.807, 2.05) is 29.2 Å². The van der Waals surface area contributed by atoms with Crippen LogP contribution in [0.15, 0.2) is 53.4 Å². The van der Waals surface area contributed by atoms with Crippen LogP contribution in [-0.2, 0) is 34.3 Å². The minimum atomic E-state index is -3.51. The Bertz CT molecular complexity index is 1260. The van der Waals surface area contributed by atoms with Gasteiger partial charge in [0.2, 0.25) is 15.9 Å². The number of fused-ring (bicyclic) bond motifs is 1. The topological polar surface area (TPSA) is 78.8 Å². The monoisotopic (exact) mass is 497 g/mol. The molecule has 4 rings (SSSR count). The van der Waals surface area contributed by atoms with Crippen LogP contribution in [0, 0.1) is 0 Å². The summed E-state index contributed by atoms with van der Waals surface area (Å²) in [5.74, 6) is 1.15. The molecule has 0 spiro atoms. The van der Waals surface area contributed by atoms with Gasteiger partial charge < -0.3 is 9.47 Å². The van der Waals surface area contributed by atoms with Crippen LogP contribution in [-0.4, -0.2) is 78.3 Å². The summed E-state index contributed by atoms with van der Waals surface area (Å²) in [6.07, 6.45) is 2.38. The van der Waals surface area contributed by atoms with Crippen molar-refractivity contribution in [2.24, 2.45) is 0 Å². The predicted octanol–water partition coefficient (Wildman–Crippen LogP) is 2.97. The number of piperazine rings is 1. The van der Waals surface area contributed by atoms with Gasteiger partial charge in [0.15, 0.2) is 0 Å². The van der Waals surface area contributed by atoms with Crippen molar-refractivity contribution in [3.05, 3.63) is 59.9 Å². The number of amides is 1. The summed E-state index contributed by atoms with van der Waals surface area (Å²) in [4.78, 5) is 22.0. The van der Waals surface area contributed by atoms with Crippen molar-refractivity contribution in [1.29, 1.82) is 0 Å². The van der Waals surface area contributed by atoms with E-state index in [-0.39, 0.29) is 10.8 Å². The molecule has 0 atom stereocenters. The molecular weight excluding hydrogens is 462 g/mol. The number of aromatic nitrogens is 2. The number of benzene rings is 2. The van der Waals surface area contributed by atoms with Crippen molar-refractivity contribution >= 4 is 27.0 Å². The smallest absolute Gasteiger partial charge is 0.242 e. The summed E-state index contributed by atoms with van der Waals surface area (Å²) in [7, 11) is -0.445. The van der Waals surface area contributed by atoms with Gasteiger partial charge in [0.1, 0.15) is 5.82 Å². The zero-order chi connectivity index (χ0) is 25.0. The first-order valence-corrected chi connectivity index (χ1v) is 13.7. The van der Waals surface area contributed by atoms with Crippen LogP contribution in [0.2, 0.25) is 0 Å². The maximum Gasteiger partial charge on any atom is 0.242 e. The van der Waals surface area contributed by atoms with Gasteiger partial charge in [-0.2, -0.15) is 0 Å². The number of hydrogen-bond acceptors (Lipinski definition) is 5. The number of aryl methyl sites for hydroxylation is 2. The number of sulfonamides is 1. The van der Waals surface area contributed by atoms with Crippen molar-refractivity contribution in [3.63, 3.8) is 0 Å². The molecule has 1 aromatic heterocycles. The van der Waals surface area contributed by atoms with Gasteiger partial charge in [-0.15, -0.1) is 0 Å². The van der Waals surface area contributed by atoms with Crippen molar-refractivity contribution in [2.75, 3.05) is 40.3 Å². The molecule has 1 saturated heterocycles. The lowest BCUT2D eigenvalue weighted by Gasteiger charge is -2.34. The number of carbonyl (C=O) groups is 1. The van der Waals surface area contributed by atoms with Crippen LogP contribution in [0.25, 0.3) is 11.0 Å². The molecule has 188 valence electrons. The third kappa shape index (κ3) is 5.74. The predicted molar refractivity (Wildman–Crippen MR) is 138 cm³/mol. The molecule has 0 saturated carbocycles. The second-order valence-electron chi connectivity index (χ2n) is 9.21. The molecule has 2 heterocycles. The van der Waals surface area contributed by atoms with Gasteiger partial charge in [-0.1, -0.05) is 30.3 Å². The van der Waals surface area contributed by atoms with E-state index in [0.29, 0.717) is 18.5 Å². The lowest BCUT2D eigenvalue weighted by Crippen LogP contribution is -2.48. The zero-order valence-corrected chi connectivity index (χ0v) is 21.7. The number of carbonyl (C=O) groups excluding carboxylic acids is 1. The quantitative estimate of drug-likeness (QED) is 0.454. The second-order valence-corrected chi connectivity index (χ2v) is 11.4. The highest BCUT2D eigenvalue weighted by molar-refractivity contribution is 7.89. The summed E-state index contributed by atoms with van der Waals surface area (Å²) in [6, 6.07) is 15.4. The highest BCUT2D eigenvalue weighted by atomic mass is 32.2. The normalized spacial score (nSPS) is 15.3. The summed E-state index contributed by atoms with van der Waals surface area (Å²) < 4.78 is 28.4. The first-order chi connectivity index (χ1) is 16.8. The Kier molecular flexibility index (Phi) is 7.88. The van der Waals surface area contributed by atoms with Gasteiger partial charge in [-0.25, -0.2) is 17.7 Å². The molecule has 1 fully saturated rings. The average Bonchev–Trinajstić information content (AvgIpc) is 3.21. The van der Waals surface area contributed by atoms with Crippen LogP contribution in [0.5, 0.6) is 0 Å². The second kappa shape index (κ2) is 10.9. The molecule has 1 amide bonds. The molecule has 3 aromatic rings. The van der Waals surface area contributed by atoms with E-state index in [1.54, 1.807) is 12.1 Å². The van der Waals surface area contributed by atoms with Crippen LogP contribution in [0.1, 0.15) is 31.2 Å². The SMILES string of the molecule is CCn1c(CN2CCN(C(=O)CCCc3ccccc3)CC2)nc2cc(S(=O)(=O)N(C)C)ccc21. The molecule has 0 radical (unpaired) electrons. The molecule has 9 heteroatoms. The molecule has 2 aromatic carbocycles. The van der Waals surface area contributed by atoms with Crippen LogP contribution < -0.4 is 0 Å². The number of imidazole rings is 1. The average molecular weight is 498 g/mol. The molecule has 0 unspecified atom stereocenters. The van der Waals surface area contributed by atoms with Gasteiger partial charge in [0, 0.05) is 53.2 Å². The molecule has 8 nitrogen and oxygen atoms in total. The number of nitrogens with zero attached hydrogens (tertiary/aromatic N) is 5. The Balaban J connectivity index is 1.35. The van der Waals surface area contributed by atoms with Gasteiger partial charge in [-0.3, -0.25) is 9.69 Å². The van der Waals surface area contributed by atoms with Crippen LogP contribution in [0.3, 0.4) is 0 Å². The van der Waals surface area contributed by atoms with Gasteiger partial charge in [0.05, 0.1) is 22.5 Å². The third-order valence-corrected chi connectivity index (χ3v) is 8.49. The first-order valence-electron chi connectivity index (χ1n) is 12.3. The highest BCUT2D eigenvalue weighted by Crippen LogP contribution is 2.23. The Morgan fingerprint density at radius 2 is 1.74 bits per heavy atom. The van der Waals surface area contributed by atoms with E-state index >= 15 is 0 Å². The van der Waals surface area contributed by atoms with Crippen molar-refractivity contribution in [3.8, 4) is 0 Å². The maximum absolute atomic E-state index is 12.7. The Hall–Kier alpha value is -2.75. The summed E-state index contributed by atoms with van der Waals surface area (Å²) >= 11 is 0. The van der Waals surface area contributed by atoms with E-state index in [2.05, 4.69) is 28.5 Å². The molecule has 1 aliphatic heterocycles. The first kappa shape index (κ1) is 25.3. The molecular formula is C26H35N5O3S. The standard InChI is InChI=1S/C26H35N5O3S/c1-4-31-24-14-13-22(35(33,34)28(2)3)19-23(24)27-25(31)20-29-15-17-30(18-16-29)26(32)12-8-11-21-9-6-5-7-10-21/h5-7,9-10,13-14,19H,4,8,11-12,15-18,20H2,1-3H3. The fourth-order valence-corrected chi connectivity index (χ4v) is 5.53. The van der Waals surface area contributed by atoms with Gasteiger partial charge >= 0.3 is 0 Å². The number of hydrogen-bond donors (Lipinski definition) is 0. The molecule has 0 N–H and O–H groups in total. The Labute approximate surface area is 208 Å². The van der Waals surface area contributed by atoms with E-state index in [9.17, 15) is 13.2 Å². The zero-order valence-electron chi connectivity index (χ0n) is 20.9. The summed E-state index contributed by atoms with van der Waals surface area (Å²) in [5.41, 5.74) is 2.90. The van der Waals surface area contributed by atoms with E-state index in [4.69, 9.17) is 4.98 Å². The minimum Gasteiger partial charge on any atom is -0.340 e. The van der Waals surface area contributed by atoms with Gasteiger partial charge in [-0.05, 0) is 43.5 Å². The lowest BCUT2D eigenvalue weighted by atomic mass is 10.1. The third-order valence-electron chi connectivity index (χ3n) is 6.68. The summed E-state index contributed by atoms with van der Waals surface area (Å²) in [6.45, 7) is 6.56. The fraction of sp³-hybridized carbons (Fsp3) is 0.462. The van der Waals surface area contributed by atoms with E-state index in [1.165, 1.54) is 24.0 Å². The van der Waals surface area contributed by atoms with Crippen LogP contribution in [0.4, 0.5) is 0 Å². The van der Waals surface area contributed by atoms with E-state index < -0.39 is 10.0 Å². The van der Waals surface area contributed by atoms with E-state index in [0.717, 1.165) is 56.9 Å². The molecule has 1 aliphatic rings. The Morgan fingerprint density at radius 3 is 2.40 bits per heavy atom. The van der Waals surface area contributed by atoms with Gasteiger partial charge in [0.25, 0.3) is 0 Å². The fourth-order valence-electron chi connectivity index (χ4n) is 4.61. The maximum atomic E-state index is 12.7. The summed E-state index contributed by atoms with van der Waals surface area (Å²) in [5, 5.41) is 0. The van der Waals surface area contributed by atoms with Crippen molar-refractivity contribution < 1.29 is 13.2 Å². The number of rotatable bonds is 9. The minimum absolute atomic E-state index is 0.232. The Morgan fingerprint density at radius 1 is 1.03 bits per heavy atom. The van der Waals surface area contributed by atoms with Crippen molar-refractivity contribution in [2.45, 2.75) is 44.2 Å². The molecule has 0 bridgehead atoms. The molecule has 35 heavy (non-hydrogen) atoms. The lowest BCUT2D eigenvalue weighted by molar-refractivity contribution is -0.133.